The summed E-state index contributed by atoms with van der Waals surface area (Å²) in [6, 6.07) is 1.14. The lowest BCUT2D eigenvalue weighted by Gasteiger charge is -2.15. The topological polar surface area (TPSA) is 55.0 Å². The molecule has 1 rings (SSSR count). The smallest absolute Gasteiger partial charge is 0.171 e. The van der Waals surface area contributed by atoms with E-state index in [2.05, 4.69) is 45.8 Å². The van der Waals surface area contributed by atoms with Crippen molar-refractivity contribution in [1.82, 2.24) is 10.2 Å². The number of hydrogen-bond donors (Lipinski definition) is 1. The molecule has 1 heterocycles. The highest BCUT2D eigenvalue weighted by molar-refractivity contribution is 9.10. The number of carbonyl (C=O) groups is 1. The fourth-order valence-electron chi connectivity index (χ4n) is 1.11. The Balaban J connectivity index is 2.38. The first-order valence-corrected chi connectivity index (χ1v) is 9.70. The third kappa shape index (κ3) is 4.19. The number of nitrogens with zero attached hydrogens (tertiary/aromatic N) is 1. The van der Waals surface area contributed by atoms with Gasteiger partial charge in [-0.25, -0.2) is 0 Å². The number of H-pyrrole nitrogens is 1. The SMILES string of the molecule is C[Si](C)(C)CCOCc1[nH]nc(C=O)c1Br. The lowest BCUT2D eigenvalue weighted by Crippen LogP contribution is -2.21. The van der Waals surface area contributed by atoms with Crippen LogP contribution >= 0.6 is 15.9 Å². The van der Waals surface area contributed by atoms with Crippen LogP contribution in [-0.4, -0.2) is 31.2 Å². The summed E-state index contributed by atoms with van der Waals surface area (Å²) < 4.78 is 6.26. The van der Waals surface area contributed by atoms with E-state index in [4.69, 9.17) is 4.74 Å². The average molecular weight is 305 g/mol. The van der Waals surface area contributed by atoms with E-state index in [0.717, 1.165) is 18.3 Å². The lowest BCUT2D eigenvalue weighted by atomic mass is 10.4. The Morgan fingerprint density at radius 2 is 2.19 bits per heavy atom. The Morgan fingerprint density at radius 3 is 2.69 bits per heavy atom. The zero-order chi connectivity index (χ0) is 12.2. The molecule has 0 saturated heterocycles. The number of ether oxygens (including phenoxy) is 1. The van der Waals surface area contributed by atoms with E-state index in [0.29, 0.717) is 23.1 Å². The second-order valence-electron chi connectivity index (χ2n) is 4.88. The molecule has 0 bridgehead atoms. The maximum Gasteiger partial charge on any atom is 0.171 e. The second kappa shape index (κ2) is 5.74. The Labute approximate surface area is 105 Å². The van der Waals surface area contributed by atoms with Gasteiger partial charge in [-0.3, -0.25) is 9.89 Å². The molecule has 6 heteroatoms. The molecule has 16 heavy (non-hydrogen) atoms. The average Bonchev–Trinajstić information content (AvgIpc) is 2.53. The number of aromatic amines is 1. The Kier molecular flexibility index (Phi) is 4.88. The van der Waals surface area contributed by atoms with Crippen LogP contribution in [0.1, 0.15) is 16.2 Å². The zero-order valence-corrected chi connectivity index (χ0v) is 12.4. The number of hydrogen-bond acceptors (Lipinski definition) is 3. The van der Waals surface area contributed by atoms with Gasteiger partial charge in [-0.1, -0.05) is 19.6 Å². The second-order valence-corrected chi connectivity index (χ2v) is 11.3. The van der Waals surface area contributed by atoms with Crippen LogP contribution in [0.3, 0.4) is 0 Å². The summed E-state index contributed by atoms with van der Waals surface area (Å²) in [5.41, 5.74) is 1.21. The van der Waals surface area contributed by atoms with Gasteiger partial charge in [-0.15, -0.1) is 0 Å². The molecule has 1 aromatic heterocycles. The highest BCUT2D eigenvalue weighted by Crippen LogP contribution is 2.18. The third-order valence-corrected chi connectivity index (χ3v) is 4.74. The number of aromatic nitrogens is 2. The van der Waals surface area contributed by atoms with Crippen molar-refractivity contribution in [3.63, 3.8) is 0 Å². The minimum Gasteiger partial charge on any atom is -0.375 e. The number of nitrogens with one attached hydrogen (secondary N) is 1. The van der Waals surface area contributed by atoms with Gasteiger partial charge in [0.15, 0.2) is 6.29 Å². The van der Waals surface area contributed by atoms with Crippen LogP contribution in [0.15, 0.2) is 4.47 Å². The van der Waals surface area contributed by atoms with Crippen LogP contribution < -0.4 is 0 Å². The van der Waals surface area contributed by atoms with Crippen molar-refractivity contribution in [2.75, 3.05) is 6.61 Å². The van der Waals surface area contributed by atoms with Gasteiger partial charge in [0, 0.05) is 14.7 Å². The predicted molar refractivity (Wildman–Crippen MR) is 69.5 cm³/mol. The molecule has 0 aromatic carbocycles. The van der Waals surface area contributed by atoms with E-state index >= 15 is 0 Å². The molecular weight excluding hydrogens is 288 g/mol. The summed E-state index contributed by atoms with van der Waals surface area (Å²) >= 11 is 3.31. The van der Waals surface area contributed by atoms with Crippen LogP contribution in [0.4, 0.5) is 0 Å². The molecular formula is C10H17BrN2O2Si. The summed E-state index contributed by atoms with van der Waals surface area (Å²) in [5, 5.41) is 6.63. The van der Waals surface area contributed by atoms with Gasteiger partial charge >= 0.3 is 0 Å². The molecule has 0 saturated carbocycles. The summed E-state index contributed by atoms with van der Waals surface area (Å²) in [7, 11) is -1.03. The molecule has 0 spiro atoms. The minimum absolute atomic E-state index is 0.392. The van der Waals surface area contributed by atoms with E-state index in [1.54, 1.807) is 0 Å². The van der Waals surface area contributed by atoms with E-state index < -0.39 is 8.07 Å². The van der Waals surface area contributed by atoms with E-state index in [1.807, 2.05) is 0 Å². The molecule has 1 aromatic rings. The van der Waals surface area contributed by atoms with Crippen molar-refractivity contribution in [1.29, 1.82) is 0 Å². The van der Waals surface area contributed by atoms with Crippen molar-refractivity contribution in [3.05, 3.63) is 15.9 Å². The molecule has 1 N–H and O–H groups in total. The van der Waals surface area contributed by atoms with E-state index in [9.17, 15) is 4.79 Å². The van der Waals surface area contributed by atoms with Crippen LogP contribution in [-0.2, 0) is 11.3 Å². The van der Waals surface area contributed by atoms with Gasteiger partial charge in [-0.05, 0) is 22.0 Å². The molecule has 0 aliphatic rings. The number of rotatable bonds is 6. The molecule has 90 valence electrons. The van der Waals surface area contributed by atoms with Gasteiger partial charge in [0.25, 0.3) is 0 Å². The Bertz CT molecular complexity index is 360. The Morgan fingerprint density at radius 1 is 1.50 bits per heavy atom. The molecule has 0 amide bonds. The summed E-state index contributed by atoms with van der Waals surface area (Å²) in [6.45, 7) is 8.16. The quantitative estimate of drug-likeness (QED) is 0.499. The normalized spacial score (nSPS) is 11.8. The molecule has 0 aliphatic heterocycles. The fourth-order valence-corrected chi connectivity index (χ4v) is 2.25. The number of carbonyl (C=O) groups excluding carboxylic acids is 1. The van der Waals surface area contributed by atoms with Gasteiger partial charge in [0.2, 0.25) is 0 Å². The zero-order valence-electron chi connectivity index (χ0n) is 9.84. The molecule has 4 nitrogen and oxygen atoms in total. The van der Waals surface area contributed by atoms with Gasteiger partial charge < -0.3 is 4.74 Å². The molecule has 0 unspecified atom stereocenters. The maximum absolute atomic E-state index is 10.6. The number of halogens is 1. The van der Waals surface area contributed by atoms with Crippen LogP contribution in [0.5, 0.6) is 0 Å². The van der Waals surface area contributed by atoms with Crippen LogP contribution in [0.25, 0.3) is 0 Å². The first-order valence-electron chi connectivity index (χ1n) is 5.20. The van der Waals surface area contributed by atoms with Crippen molar-refractivity contribution < 1.29 is 9.53 Å². The van der Waals surface area contributed by atoms with E-state index in [1.165, 1.54) is 0 Å². The Hall–Kier alpha value is -0.463. The first kappa shape index (κ1) is 13.6. The third-order valence-electron chi connectivity index (χ3n) is 2.16. The first-order chi connectivity index (χ1) is 7.44. The van der Waals surface area contributed by atoms with Crippen LogP contribution in [0.2, 0.25) is 25.7 Å². The predicted octanol–water partition coefficient (Wildman–Crippen LogP) is 2.84. The van der Waals surface area contributed by atoms with Crippen molar-refractivity contribution in [2.24, 2.45) is 0 Å². The highest BCUT2D eigenvalue weighted by atomic mass is 79.9. The molecule has 0 fully saturated rings. The summed E-state index contributed by atoms with van der Waals surface area (Å²) in [4.78, 5) is 10.6. The molecule has 0 radical (unpaired) electrons. The lowest BCUT2D eigenvalue weighted by molar-refractivity contribution is 0.111. The largest absolute Gasteiger partial charge is 0.375 e. The standard InChI is InChI=1S/C10H17BrN2O2Si/c1-16(2,3)5-4-15-7-9-10(11)8(6-14)12-13-9/h6H,4-5,7H2,1-3H3,(H,12,13). The van der Waals surface area contributed by atoms with Crippen molar-refractivity contribution >= 4 is 30.3 Å². The summed E-state index contributed by atoms with van der Waals surface area (Å²) in [5.74, 6) is 0. The monoisotopic (exact) mass is 304 g/mol. The maximum atomic E-state index is 10.6. The highest BCUT2D eigenvalue weighted by Gasteiger charge is 2.13. The van der Waals surface area contributed by atoms with Crippen molar-refractivity contribution in [2.45, 2.75) is 32.3 Å². The fraction of sp³-hybridized carbons (Fsp3) is 0.600. The molecule has 0 aliphatic carbocycles. The van der Waals surface area contributed by atoms with Crippen LogP contribution in [0, 0.1) is 0 Å². The summed E-state index contributed by atoms with van der Waals surface area (Å²) in [6.07, 6.45) is 0.714. The van der Waals surface area contributed by atoms with Gasteiger partial charge in [0.05, 0.1) is 16.8 Å². The van der Waals surface area contributed by atoms with E-state index in [-0.39, 0.29) is 0 Å². The van der Waals surface area contributed by atoms with Crippen molar-refractivity contribution in [3.8, 4) is 0 Å². The minimum atomic E-state index is -1.03. The molecule has 0 atom stereocenters. The van der Waals surface area contributed by atoms with Gasteiger partial charge in [-0.2, -0.15) is 5.10 Å². The van der Waals surface area contributed by atoms with Gasteiger partial charge in [0.1, 0.15) is 5.69 Å². The number of aldehydes is 1.